The van der Waals surface area contributed by atoms with Crippen molar-refractivity contribution in [3.63, 3.8) is 0 Å². The average molecular weight is 312 g/mol. The monoisotopic (exact) mass is 312 g/mol. The standard InChI is InChI=1S/C17H20N4O2/c1-4-10(3)21-15(18)13(17(22)23-5-2)14-16(21)20-12-9-7-6-8-11(12)19-14/h6-10H,4-5,18H2,1-3H3. The molecule has 0 saturated carbocycles. The van der Waals surface area contributed by atoms with Crippen LogP contribution in [-0.4, -0.2) is 27.1 Å². The molecule has 1 unspecified atom stereocenters. The Morgan fingerprint density at radius 1 is 1.26 bits per heavy atom. The first kappa shape index (κ1) is 15.3. The molecule has 120 valence electrons. The Kier molecular flexibility index (Phi) is 3.90. The Bertz CT molecular complexity index is 885. The van der Waals surface area contributed by atoms with Crippen LogP contribution >= 0.6 is 0 Å². The summed E-state index contributed by atoms with van der Waals surface area (Å²) in [5, 5.41) is 0. The first-order valence-corrected chi connectivity index (χ1v) is 7.81. The van der Waals surface area contributed by atoms with E-state index < -0.39 is 5.97 Å². The lowest BCUT2D eigenvalue weighted by atomic mass is 10.2. The van der Waals surface area contributed by atoms with Crippen LogP contribution in [0.4, 0.5) is 5.82 Å². The second-order valence-corrected chi connectivity index (χ2v) is 5.49. The van der Waals surface area contributed by atoms with Crippen molar-refractivity contribution in [3.05, 3.63) is 29.8 Å². The fourth-order valence-corrected chi connectivity index (χ4v) is 2.72. The van der Waals surface area contributed by atoms with E-state index in [-0.39, 0.29) is 12.6 Å². The Morgan fingerprint density at radius 2 is 1.91 bits per heavy atom. The zero-order chi connectivity index (χ0) is 16.6. The normalized spacial score (nSPS) is 12.7. The van der Waals surface area contributed by atoms with E-state index in [9.17, 15) is 4.79 Å². The third-order valence-corrected chi connectivity index (χ3v) is 4.04. The predicted octanol–water partition coefficient (Wildman–Crippen LogP) is 3.31. The van der Waals surface area contributed by atoms with Gasteiger partial charge in [-0.1, -0.05) is 19.1 Å². The number of nitrogens with two attached hydrogens (primary N) is 1. The van der Waals surface area contributed by atoms with E-state index in [4.69, 9.17) is 10.5 Å². The first-order chi connectivity index (χ1) is 11.1. The van der Waals surface area contributed by atoms with Crippen molar-refractivity contribution in [2.45, 2.75) is 33.2 Å². The van der Waals surface area contributed by atoms with E-state index in [1.54, 1.807) is 6.92 Å². The van der Waals surface area contributed by atoms with Gasteiger partial charge in [0.15, 0.2) is 5.65 Å². The molecule has 0 amide bonds. The molecule has 0 bridgehead atoms. The van der Waals surface area contributed by atoms with Crippen LogP contribution in [0.25, 0.3) is 22.2 Å². The zero-order valence-electron chi connectivity index (χ0n) is 13.5. The van der Waals surface area contributed by atoms with Crippen LogP contribution in [0.3, 0.4) is 0 Å². The van der Waals surface area contributed by atoms with E-state index in [0.717, 1.165) is 17.5 Å². The Hall–Kier alpha value is -2.63. The molecule has 0 aliphatic heterocycles. The van der Waals surface area contributed by atoms with Gasteiger partial charge in [-0.15, -0.1) is 0 Å². The highest BCUT2D eigenvalue weighted by atomic mass is 16.5. The van der Waals surface area contributed by atoms with Crippen LogP contribution in [0.2, 0.25) is 0 Å². The Morgan fingerprint density at radius 3 is 2.52 bits per heavy atom. The number of nitrogens with zero attached hydrogens (tertiary/aromatic N) is 3. The van der Waals surface area contributed by atoms with Crippen molar-refractivity contribution in [2.75, 3.05) is 12.3 Å². The minimum absolute atomic E-state index is 0.108. The lowest BCUT2D eigenvalue weighted by Crippen LogP contribution is -2.11. The topological polar surface area (TPSA) is 83.0 Å². The molecule has 1 atom stereocenters. The first-order valence-electron chi connectivity index (χ1n) is 7.81. The molecule has 0 saturated heterocycles. The summed E-state index contributed by atoms with van der Waals surface area (Å²) in [5.74, 6) is -0.0928. The van der Waals surface area contributed by atoms with Gasteiger partial charge in [0.1, 0.15) is 16.9 Å². The smallest absolute Gasteiger partial charge is 0.344 e. The highest BCUT2D eigenvalue weighted by Crippen LogP contribution is 2.32. The van der Waals surface area contributed by atoms with Gasteiger partial charge in [0.2, 0.25) is 0 Å². The van der Waals surface area contributed by atoms with Crippen molar-refractivity contribution < 1.29 is 9.53 Å². The number of aromatic nitrogens is 3. The van der Waals surface area contributed by atoms with Crippen LogP contribution in [-0.2, 0) is 4.74 Å². The number of hydrogen-bond acceptors (Lipinski definition) is 5. The zero-order valence-corrected chi connectivity index (χ0v) is 13.5. The van der Waals surface area contributed by atoms with E-state index in [0.29, 0.717) is 22.5 Å². The van der Waals surface area contributed by atoms with Gasteiger partial charge in [-0.05, 0) is 32.4 Å². The highest BCUT2D eigenvalue weighted by molar-refractivity contribution is 6.08. The Balaban J connectivity index is 2.39. The number of anilines is 1. The number of rotatable bonds is 4. The molecule has 0 fully saturated rings. The SMILES string of the molecule is CCOC(=O)c1c(N)n(C(C)CC)c2nc3ccccc3nc12. The number of carbonyl (C=O) groups is 1. The Labute approximate surface area is 134 Å². The number of fused-ring (bicyclic) bond motifs is 2. The minimum atomic E-state index is -0.457. The van der Waals surface area contributed by atoms with Gasteiger partial charge >= 0.3 is 5.97 Å². The summed E-state index contributed by atoms with van der Waals surface area (Å²) >= 11 is 0. The molecule has 0 spiro atoms. The number of carbonyl (C=O) groups excluding carboxylic acids is 1. The van der Waals surface area contributed by atoms with Crippen LogP contribution in [0.1, 0.15) is 43.6 Å². The largest absolute Gasteiger partial charge is 0.462 e. The molecule has 0 aliphatic rings. The lowest BCUT2D eigenvalue weighted by Gasteiger charge is -2.14. The number of para-hydroxylation sites is 2. The van der Waals surface area contributed by atoms with Gasteiger partial charge in [0.25, 0.3) is 0 Å². The molecule has 6 nitrogen and oxygen atoms in total. The van der Waals surface area contributed by atoms with Crippen molar-refractivity contribution >= 4 is 34.0 Å². The van der Waals surface area contributed by atoms with Crippen molar-refractivity contribution in [1.29, 1.82) is 0 Å². The molecule has 23 heavy (non-hydrogen) atoms. The summed E-state index contributed by atoms with van der Waals surface area (Å²) in [6.45, 7) is 6.16. The van der Waals surface area contributed by atoms with Crippen molar-refractivity contribution in [3.8, 4) is 0 Å². The lowest BCUT2D eigenvalue weighted by molar-refractivity contribution is 0.0529. The molecule has 1 aromatic carbocycles. The minimum Gasteiger partial charge on any atom is -0.462 e. The third-order valence-electron chi connectivity index (χ3n) is 4.04. The number of ether oxygens (including phenoxy) is 1. The average Bonchev–Trinajstić information content (AvgIpc) is 2.83. The quantitative estimate of drug-likeness (QED) is 0.747. The molecule has 0 radical (unpaired) electrons. The van der Waals surface area contributed by atoms with Gasteiger partial charge < -0.3 is 15.0 Å². The van der Waals surface area contributed by atoms with Gasteiger partial charge in [0.05, 0.1) is 17.6 Å². The molecule has 6 heteroatoms. The molecule has 3 rings (SSSR count). The summed E-state index contributed by atoms with van der Waals surface area (Å²) in [5.41, 5.74) is 9.20. The summed E-state index contributed by atoms with van der Waals surface area (Å²) in [6, 6.07) is 7.68. The summed E-state index contributed by atoms with van der Waals surface area (Å²) in [7, 11) is 0. The number of esters is 1. The third kappa shape index (κ3) is 2.40. The summed E-state index contributed by atoms with van der Waals surface area (Å²) in [6.07, 6.45) is 0.866. The van der Waals surface area contributed by atoms with E-state index in [1.807, 2.05) is 35.8 Å². The van der Waals surface area contributed by atoms with Crippen molar-refractivity contribution in [1.82, 2.24) is 14.5 Å². The maximum Gasteiger partial charge on any atom is 0.344 e. The molecule has 3 aromatic rings. The van der Waals surface area contributed by atoms with Gasteiger partial charge in [-0.25, -0.2) is 14.8 Å². The molecule has 2 aromatic heterocycles. The fraction of sp³-hybridized carbons (Fsp3) is 0.353. The van der Waals surface area contributed by atoms with Crippen LogP contribution in [0.5, 0.6) is 0 Å². The molecular weight excluding hydrogens is 292 g/mol. The predicted molar refractivity (Wildman–Crippen MR) is 90.4 cm³/mol. The second kappa shape index (κ2) is 5.87. The molecule has 2 heterocycles. The maximum absolute atomic E-state index is 12.4. The van der Waals surface area contributed by atoms with Crippen LogP contribution < -0.4 is 5.73 Å². The van der Waals surface area contributed by atoms with Crippen molar-refractivity contribution in [2.24, 2.45) is 0 Å². The van der Waals surface area contributed by atoms with Gasteiger partial charge in [-0.3, -0.25) is 0 Å². The maximum atomic E-state index is 12.4. The number of nitrogen functional groups attached to an aromatic ring is 1. The van der Waals surface area contributed by atoms with Gasteiger partial charge in [0, 0.05) is 6.04 Å². The summed E-state index contributed by atoms with van der Waals surface area (Å²) in [4.78, 5) is 21.7. The number of benzene rings is 1. The molecule has 2 N–H and O–H groups in total. The summed E-state index contributed by atoms with van der Waals surface area (Å²) < 4.78 is 7.03. The van der Waals surface area contributed by atoms with Gasteiger partial charge in [-0.2, -0.15) is 0 Å². The van der Waals surface area contributed by atoms with E-state index in [2.05, 4.69) is 16.9 Å². The fourth-order valence-electron chi connectivity index (χ4n) is 2.72. The second-order valence-electron chi connectivity index (χ2n) is 5.49. The molecular formula is C17H20N4O2. The van der Waals surface area contributed by atoms with Crippen LogP contribution in [0, 0.1) is 0 Å². The highest BCUT2D eigenvalue weighted by Gasteiger charge is 2.26. The molecule has 0 aliphatic carbocycles. The van der Waals surface area contributed by atoms with Crippen LogP contribution in [0.15, 0.2) is 24.3 Å². The number of hydrogen-bond donors (Lipinski definition) is 1. The van der Waals surface area contributed by atoms with E-state index >= 15 is 0 Å². The van der Waals surface area contributed by atoms with E-state index in [1.165, 1.54) is 0 Å².